The van der Waals surface area contributed by atoms with Crippen molar-refractivity contribution in [1.82, 2.24) is 4.98 Å². The maximum Gasteiger partial charge on any atom is 0.328 e. The molecular formula is C28H21ClFNO2S. The van der Waals surface area contributed by atoms with Crippen LogP contribution in [-0.4, -0.2) is 16.1 Å². The molecule has 34 heavy (non-hydrogen) atoms. The third-order valence-corrected chi connectivity index (χ3v) is 7.46. The fraction of sp³-hybridized carbons (Fsp3) is 0.143. The van der Waals surface area contributed by atoms with Crippen molar-refractivity contribution in [2.45, 2.75) is 19.3 Å². The Bertz CT molecular complexity index is 1430. The first-order valence-electron chi connectivity index (χ1n) is 11.0. The van der Waals surface area contributed by atoms with E-state index < -0.39 is 11.8 Å². The number of benzene rings is 3. The number of fused-ring (bicyclic) bond motifs is 1. The molecule has 0 atom stereocenters. The van der Waals surface area contributed by atoms with Gasteiger partial charge in [0.2, 0.25) is 0 Å². The van der Waals surface area contributed by atoms with Gasteiger partial charge in [-0.3, -0.25) is 0 Å². The maximum absolute atomic E-state index is 14.5. The normalized spacial score (nSPS) is 14.9. The molecule has 0 radical (unpaired) electrons. The molecule has 0 spiro atoms. The topological polar surface area (TPSA) is 50.2 Å². The Morgan fingerprint density at radius 3 is 2.56 bits per heavy atom. The van der Waals surface area contributed by atoms with E-state index >= 15 is 0 Å². The van der Waals surface area contributed by atoms with Gasteiger partial charge in [-0.15, -0.1) is 11.3 Å². The quantitative estimate of drug-likeness (QED) is 0.221. The molecule has 1 aromatic heterocycles. The van der Waals surface area contributed by atoms with Crippen molar-refractivity contribution in [3.8, 4) is 0 Å². The number of carbonyl (C=O) groups is 1. The summed E-state index contributed by atoms with van der Waals surface area (Å²) in [6.07, 6.45) is 5.84. The van der Waals surface area contributed by atoms with Gasteiger partial charge in [0.05, 0.1) is 20.7 Å². The lowest BCUT2D eigenvalue weighted by molar-refractivity contribution is -0.131. The summed E-state index contributed by atoms with van der Waals surface area (Å²) in [5, 5.41) is 9.07. The molecule has 3 nitrogen and oxygen atoms in total. The number of aromatic nitrogens is 1. The standard InChI is InChI=1S/C28H21ClFNO2S/c29-28-21(5-2-6-22(28)30)27(18-3-1-4-18)26(20-12-13-24-23(15-20)31-16-34-24)19-10-7-17(8-11-19)9-14-25(32)33/h2,5-16,18H,1,3-4H2,(H,32,33). The van der Waals surface area contributed by atoms with Crippen LogP contribution in [0.4, 0.5) is 4.39 Å². The highest BCUT2D eigenvalue weighted by atomic mass is 35.5. The molecule has 0 saturated heterocycles. The molecule has 4 aromatic rings. The molecule has 1 fully saturated rings. The molecule has 1 aliphatic carbocycles. The number of carboxylic acid groups (broad SMARTS) is 1. The number of halogens is 2. The minimum absolute atomic E-state index is 0.137. The van der Waals surface area contributed by atoms with E-state index in [1.54, 1.807) is 23.5 Å². The molecule has 1 N–H and O–H groups in total. The molecule has 0 bridgehead atoms. The molecule has 3 aromatic carbocycles. The van der Waals surface area contributed by atoms with Gasteiger partial charge >= 0.3 is 5.97 Å². The third kappa shape index (κ3) is 4.41. The fourth-order valence-corrected chi connectivity index (χ4v) is 5.27. The average Bonchev–Trinajstić information content (AvgIpc) is 3.27. The van der Waals surface area contributed by atoms with Crippen LogP contribution in [0.25, 0.3) is 27.4 Å². The predicted molar refractivity (Wildman–Crippen MR) is 137 cm³/mol. The molecule has 0 amide bonds. The van der Waals surface area contributed by atoms with Crippen molar-refractivity contribution >= 4 is 56.3 Å². The van der Waals surface area contributed by atoms with E-state index in [1.807, 2.05) is 35.8 Å². The van der Waals surface area contributed by atoms with Crippen molar-refractivity contribution in [2.75, 3.05) is 0 Å². The SMILES string of the molecule is O=C(O)C=Cc1ccc(C(=C(c2cccc(F)c2Cl)C2CCC2)c2ccc3scnc3c2)cc1. The number of hydrogen-bond acceptors (Lipinski definition) is 3. The number of hydrogen-bond donors (Lipinski definition) is 1. The van der Waals surface area contributed by atoms with Gasteiger partial charge in [-0.05, 0) is 70.9 Å². The van der Waals surface area contributed by atoms with E-state index in [0.29, 0.717) is 0 Å². The summed E-state index contributed by atoms with van der Waals surface area (Å²) in [7, 11) is 0. The summed E-state index contributed by atoms with van der Waals surface area (Å²) in [6, 6.07) is 18.9. The Labute approximate surface area is 205 Å². The van der Waals surface area contributed by atoms with E-state index in [2.05, 4.69) is 23.2 Å². The second-order valence-electron chi connectivity index (χ2n) is 8.35. The summed E-state index contributed by atoms with van der Waals surface area (Å²) in [5.41, 5.74) is 8.25. The Morgan fingerprint density at radius 2 is 1.85 bits per heavy atom. The predicted octanol–water partition coefficient (Wildman–Crippen LogP) is 7.95. The van der Waals surface area contributed by atoms with Gasteiger partial charge in [0.25, 0.3) is 0 Å². The van der Waals surface area contributed by atoms with Gasteiger partial charge in [0, 0.05) is 11.6 Å². The smallest absolute Gasteiger partial charge is 0.328 e. The maximum atomic E-state index is 14.5. The van der Waals surface area contributed by atoms with Crippen molar-refractivity contribution < 1.29 is 14.3 Å². The highest BCUT2D eigenvalue weighted by molar-refractivity contribution is 7.16. The lowest BCUT2D eigenvalue weighted by Crippen LogP contribution is -2.15. The third-order valence-electron chi connectivity index (χ3n) is 6.26. The fourth-order valence-electron chi connectivity index (χ4n) is 4.39. The summed E-state index contributed by atoms with van der Waals surface area (Å²) < 4.78 is 15.6. The van der Waals surface area contributed by atoms with Gasteiger partial charge in [0.15, 0.2) is 0 Å². The van der Waals surface area contributed by atoms with Crippen molar-refractivity contribution in [3.05, 3.63) is 105 Å². The monoisotopic (exact) mass is 489 g/mol. The molecule has 6 heteroatoms. The minimum Gasteiger partial charge on any atom is -0.478 e. The number of carboxylic acids is 1. The second kappa shape index (κ2) is 9.53. The summed E-state index contributed by atoms with van der Waals surface area (Å²) in [6.45, 7) is 0. The van der Waals surface area contributed by atoms with E-state index in [0.717, 1.165) is 69.0 Å². The lowest BCUT2D eigenvalue weighted by Gasteiger charge is -2.32. The second-order valence-corrected chi connectivity index (χ2v) is 9.61. The molecule has 1 heterocycles. The number of aliphatic carboxylic acids is 1. The summed E-state index contributed by atoms with van der Waals surface area (Å²) in [5.74, 6) is -1.15. The Kier molecular flexibility index (Phi) is 6.31. The summed E-state index contributed by atoms with van der Waals surface area (Å²) in [4.78, 5) is 15.4. The molecule has 1 saturated carbocycles. The van der Waals surface area contributed by atoms with Crippen LogP contribution in [0.2, 0.25) is 5.02 Å². The zero-order valence-corrected chi connectivity index (χ0v) is 19.7. The van der Waals surface area contributed by atoms with Crippen LogP contribution in [0.3, 0.4) is 0 Å². The van der Waals surface area contributed by atoms with Gasteiger partial charge in [0.1, 0.15) is 5.82 Å². The van der Waals surface area contributed by atoms with E-state index in [-0.39, 0.29) is 10.9 Å². The van der Waals surface area contributed by atoms with Crippen molar-refractivity contribution in [1.29, 1.82) is 0 Å². The highest BCUT2D eigenvalue weighted by Crippen LogP contribution is 2.47. The first-order chi connectivity index (χ1) is 16.5. The molecule has 1 aliphatic rings. The van der Waals surface area contributed by atoms with Crippen LogP contribution in [0, 0.1) is 11.7 Å². The molecule has 170 valence electrons. The van der Waals surface area contributed by atoms with Crippen LogP contribution >= 0.6 is 22.9 Å². The van der Waals surface area contributed by atoms with Gasteiger partial charge < -0.3 is 5.11 Å². The van der Waals surface area contributed by atoms with Crippen LogP contribution in [0.1, 0.15) is 41.5 Å². The van der Waals surface area contributed by atoms with Gasteiger partial charge in [-0.2, -0.15) is 0 Å². The largest absolute Gasteiger partial charge is 0.478 e. The van der Waals surface area contributed by atoms with Gasteiger partial charge in [-0.25, -0.2) is 14.2 Å². The Morgan fingerprint density at radius 1 is 1.09 bits per heavy atom. The molecule has 0 aliphatic heterocycles. The van der Waals surface area contributed by atoms with Crippen molar-refractivity contribution in [2.24, 2.45) is 5.92 Å². The number of rotatable bonds is 6. The molecule has 5 rings (SSSR count). The highest BCUT2D eigenvalue weighted by Gasteiger charge is 2.29. The number of nitrogens with zero attached hydrogens (tertiary/aromatic N) is 1. The van der Waals surface area contributed by atoms with Crippen LogP contribution in [-0.2, 0) is 4.79 Å². The van der Waals surface area contributed by atoms with Crippen LogP contribution in [0.15, 0.2) is 72.3 Å². The van der Waals surface area contributed by atoms with Crippen LogP contribution in [0.5, 0.6) is 0 Å². The number of thiazole rings is 1. The first-order valence-corrected chi connectivity index (χ1v) is 12.3. The van der Waals surface area contributed by atoms with Gasteiger partial charge in [-0.1, -0.05) is 60.5 Å². The zero-order chi connectivity index (χ0) is 23.7. The Balaban J connectivity index is 1.76. The number of allylic oxidation sites excluding steroid dienone is 1. The lowest BCUT2D eigenvalue weighted by atomic mass is 9.73. The van der Waals surface area contributed by atoms with E-state index in [1.165, 1.54) is 6.07 Å². The zero-order valence-electron chi connectivity index (χ0n) is 18.2. The van der Waals surface area contributed by atoms with Crippen molar-refractivity contribution in [3.63, 3.8) is 0 Å². The van der Waals surface area contributed by atoms with E-state index in [9.17, 15) is 9.18 Å². The van der Waals surface area contributed by atoms with Crippen LogP contribution < -0.4 is 0 Å². The van der Waals surface area contributed by atoms with E-state index in [4.69, 9.17) is 16.7 Å². The Hall–Kier alpha value is -3.28. The molecular weight excluding hydrogens is 469 g/mol. The minimum atomic E-state index is -0.991. The molecule has 0 unspecified atom stereocenters. The summed E-state index contributed by atoms with van der Waals surface area (Å²) >= 11 is 8.11. The average molecular weight is 490 g/mol. The first kappa shape index (κ1) is 22.5.